The average Bonchev–Trinajstić information content (AvgIpc) is 3.32. The maximum atomic E-state index is 12.5. The second-order valence-corrected chi connectivity index (χ2v) is 9.18. The number of methoxy groups -OCH3 is 1. The highest BCUT2D eigenvalue weighted by molar-refractivity contribution is 7.99. The van der Waals surface area contributed by atoms with Gasteiger partial charge in [0, 0.05) is 27.2 Å². The summed E-state index contributed by atoms with van der Waals surface area (Å²) < 4.78 is 10.4. The second-order valence-electron chi connectivity index (χ2n) is 8.03. The van der Waals surface area contributed by atoms with Crippen LogP contribution in [0.1, 0.15) is 0 Å². The van der Waals surface area contributed by atoms with Crippen LogP contribution in [0.4, 0.5) is 26.9 Å². The summed E-state index contributed by atoms with van der Waals surface area (Å²) >= 11 is 1.56. The Morgan fingerprint density at radius 1 is 0.763 bits per heavy atom. The van der Waals surface area contributed by atoms with Gasteiger partial charge < -0.3 is 25.1 Å². The number of para-hydroxylation sites is 1. The summed E-state index contributed by atoms with van der Waals surface area (Å²) in [6.07, 6.45) is -0.591. The van der Waals surface area contributed by atoms with Crippen molar-refractivity contribution in [3.8, 4) is 11.5 Å². The van der Waals surface area contributed by atoms with Crippen molar-refractivity contribution in [2.75, 3.05) is 23.1 Å². The van der Waals surface area contributed by atoms with Crippen LogP contribution in [-0.4, -0.2) is 29.2 Å². The van der Waals surface area contributed by atoms with Crippen molar-refractivity contribution in [3.63, 3.8) is 0 Å². The molecule has 3 amide bonds. The van der Waals surface area contributed by atoms with Gasteiger partial charge in [0.1, 0.15) is 11.5 Å². The van der Waals surface area contributed by atoms with Crippen molar-refractivity contribution in [1.29, 1.82) is 0 Å². The Morgan fingerprint density at radius 3 is 2.29 bits per heavy atom. The summed E-state index contributed by atoms with van der Waals surface area (Å²) in [5.74, 6) is 1.66. The molecule has 5 aromatic rings. The van der Waals surface area contributed by atoms with Gasteiger partial charge in [0.15, 0.2) is 0 Å². The smallest absolute Gasteiger partial charge is 0.413 e. The minimum absolute atomic E-state index is 0.318. The minimum atomic E-state index is -0.591. The molecule has 9 nitrogen and oxygen atoms in total. The van der Waals surface area contributed by atoms with Crippen LogP contribution in [0.25, 0.3) is 11.0 Å². The second kappa shape index (κ2) is 11.4. The molecule has 38 heavy (non-hydrogen) atoms. The lowest BCUT2D eigenvalue weighted by atomic mass is 10.3. The molecular formula is C28H23N5O4S. The topological polar surface area (TPSA) is 117 Å². The van der Waals surface area contributed by atoms with Gasteiger partial charge in [-0.2, -0.15) is 0 Å². The van der Waals surface area contributed by atoms with Crippen molar-refractivity contribution in [3.05, 3.63) is 97.1 Å². The van der Waals surface area contributed by atoms with E-state index in [2.05, 4.69) is 30.7 Å². The summed E-state index contributed by atoms with van der Waals surface area (Å²) in [5.41, 5.74) is 2.78. The van der Waals surface area contributed by atoms with Gasteiger partial charge >= 0.3 is 12.1 Å². The maximum Gasteiger partial charge on any atom is 0.413 e. The first-order chi connectivity index (χ1) is 18.5. The SMILES string of the molecule is COC(=O)Nc1nc2ccc(Sc3ccc(NC(=O)Nc4cccc(Oc5ccccc5)c4)cc3)cc2[nH]1. The molecule has 0 spiro atoms. The molecule has 1 aromatic heterocycles. The highest BCUT2D eigenvalue weighted by Gasteiger charge is 2.09. The van der Waals surface area contributed by atoms with Crippen molar-refractivity contribution in [1.82, 2.24) is 9.97 Å². The first-order valence-corrected chi connectivity index (χ1v) is 12.4. The van der Waals surface area contributed by atoms with E-state index in [0.717, 1.165) is 26.6 Å². The molecule has 0 saturated carbocycles. The van der Waals surface area contributed by atoms with Gasteiger partial charge in [0.2, 0.25) is 5.95 Å². The standard InChI is InChI=1S/C28H23N5O4S/c1-36-28(35)33-26-31-24-15-14-23(17-25(24)32-26)38-22-12-10-18(11-13-22)29-27(34)30-19-6-5-9-21(16-19)37-20-7-3-2-4-8-20/h2-17H,1H3,(H2,29,30,34)(H2,31,32,33,35). The Morgan fingerprint density at radius 2 is 1.50 bits per heavy atom. The van der Waals surface area contributed by atoms with Crippen LogP contribution in [0.15, 0.2) is 107 Å². The zero-order valence-corrected chi connectivity index (χ0v) is 21.0. The Bertz CT molecular complexity index is 1570. The van der Waals surface area contributed by atoms with Crippen LogP contribution in [0.2, 0.25) is 0 Å². The zero-order chi connectivity index (χ0) is 26.3. The van der Waals surface area contributed by atoms with Crippen LogP contribution in [-0.2, 0) is 4.74 Å². The number of imidazole rings is 1. The molecule has 0 aliphatic rings. The van der Waals surface area contributed by atoms with Crippen LogP contribution < -0.4 is 20.7 Å². The number of amides is 3. The number of fused-ring (bicyclic) bond motifs is 1. The predicted octanol–water partition coefficient (Wildman–Crippen LogP) is 7.33. The first-order valence-electron chi connectivity index (χ1n) is 11.6. The number of aromatic nitrogens is 2. The minimum Gasteiger partial charge on any atom is -0.457 e. The highest BCUT2D eigenvalue weighted by atomic mass is 32.2. The van der Waals surface area contributed by atoms with E-state index < -0.39 is 6.09 Å². The Kier molecular flexibility index (Phi) is 7.42. The Balaban J connectivity index is 1.17. The lowest BCUT2D eigenvalue weighted by Crippen LogP contribution is -2.19. The molecule has 190 valence electrons. The molecule has 0 atom stereocenters. The molecule has 1 heterocycles. The third kappa shape index (κ3) is 6.42. The number of ether oxygens (including phenoxy) is 2. The number of urea groups is 1. The van der Waals surface area contributed by atoms with Crippen LogP contribution in [0, 0.1) is 0 Å². The number of nitrogens with one attached hydrogen (secondary N) is 4. The van der Waals surface area contributed by atoms with Crippen molar-refractivity contribution >= 4 is 52.2 Å². The third-order valence-corrected chi connectivity index (χ3v) is 6.28. The molecule has 4 aromatic carbocycles. The fraction of sp³-hybridized carbons (Fsp3) is 0.0357. The number of anilines is 3. The van der Waals surface area contributed by atoms with Gasteiger partial charge in [0.05, 0.1) is 18.1 Å². The van der Waals surface area contributed by atoms with Crippen LogP contribution in [0.3, 0.4) is 0 Å². The fourth-order valence-corrected chi connectivity index (χ4v) is 4.41. The third-order valence-electron chi connectivity index (χ3n) is 5.28. The monoisotopic (exact) mass is 525 g/mol. The fourth-order valence-electron chi connectivity index (χ4n) is 3.56. The Labute approximate surface area is 222 Å². The van der Waals surface area contributed by atoms with Crippen LogP contribution >= 0.6 is 11.8 Å². The molecule has 0 unspecified atom stereocenters. The molecule has 4 N–H and O–H groups in total. The van der Waals surface area contributed by atoms with E-state index in [1.165, 1.54) is 7.11 Å². The van der Waals surface area contributed by atoms with Gasteiger partial charge in [-0.3, -0.25) is 5.32 Å². The lowest BCUT2D eigenvalue weighted by molar-refractivity contribution is 0.186. The van der Waals surface area contributed by atoms with Gasteiger partial charge in [-0.05, 0) is 66.7 Å². The summed E-state index contributed by atoms with van der Waals surface area (Å²) in [4.78, 5) is 33.3. The number of carbonyl (C=O) groups excluding carboxylic acids is 2. The molecule has 0 fully saturated rings. The predicted molar refractivity (Wildman–Crippen MR) is 148 cm³/mol. The number of hydrogen-bond donors (Lipinski definition) is 4. The maximum absolute atomic E-state index is 12.5. The molecule has 0 aliphatic heterocycles. The zero-order valence-electron chi connectivity index (χ0n) is 20.2. The first kappa shape index (κ1) is 24.7. The number of rotatable bonds is 7. The van der Waals surface area contributed by atoms with Gasteiger partial charge in [0.25, 0.3) is 0 Å². The Hall–Kier alpha value is -4.96. The van der Waals surface area contributed by atoms with Crippen molar-refractivity contribution in [2.45, 2.75) is 9.79 Å². The summed E-state index contributed by atoms with van der Waals surface area (Å²) in [6.45, 7) is 0. The number of hydrogen-bond acceptors (Lipinski definition) is 6. The lowest BCUT2D eigenvalue weighted by Gasteiger charge is -2.10. The largest absolute Gasteiger partial charge is 0.457 e. The average molecular weight is 526 g/mol. The number of H-pyrrole nitrogens is 1. The molecule has 5 rings (SSSR count). The number of nitrogens with zero attached hydrogens (tertiary/aromatic N) is 1. The van der Waals surface area contributed by atoms with E-state index in [9.17, 15) is 9.59 Å². The van der Waals surface area contributed by atoms with Crippen molar-refractivity contribution < 1.29 is 19.1 Å². The van der Waals surface area contributed by atoms with E-state index in [1.54, 1.807) is 23.9 Å². The number of carbonyl (C=O) groups is 2. The molecule has 0 aliphatic carbocycles. The van der Waals surface area contributed by atoms with Crippen molar-refractivity contribution in [2.24, 2.45) is 0 Å². The van der Waals surface area contributed by atoms with Gasteiger partial charge in [-0.25, -0.2) is 14.6 Å². The molecule has 0 radical (unpaired) electrons. The van der Waals surface area contributed by atoms with Gasteiger partial charge in [-0.15, -0.1) is 0 Å². The van der Waals surface area contributed by atoms with E-state index in [4.69, 9.17) is 4.74 Å². The van der Waals surface area contributed by atoms with E-state index in [0.29, 0.717) is 23.1 Å². The van der Waals surface area contributed by atoms with E-state index in [1.807, 2.05) is 84.9 Å². The normalized spacial score (nSPS) is 10.6. The molecule has 0 saturated heterocycles. The van der Waals surface area contributed by atoms with Crippen LogP contribution in [0.5, 0.6) is 11.5 Å². The van der Waals surface area contributed by atoms with Gasteiger partial charge in [-0.1, -0.05) is 36.0 Å². The summed E-state index contributed by atoms with van der Waals surface area (Å²) in [6, 6.07) is 29.6. The summed E-state index contributed by atoms with van der Waals surface area (Å²) in [5, 5.41) is 8.19. The molecule has 10 heteroatoms. The summed E-state index contributed by atoms with van der Waals surface area (Å²) in [7, 11) is 1.29. The molecular weight excluding hydrogens is 502 g/mol. The quantitative estimate of drug-likeness (QED) is 0.177. The number of benzene rings is 4. The van der Waals surface area contributed by atoms with E-state index >= 15 is 0 Å². The highest BCUT2D eigenvalue weighted by Crippen LogP contribution is 2.31. The van der Waals surface area contributed by atoms with E-state index in [-0.39, 0.29) is 6.03 Å². The number of aromatic amines is 1. The molecule has 0 bridgehead atoms.